The number of nitrogens with zero attached hydrogens (tertiary/aromatic N) is 4. The van der Waals surface area contributed by atoms with E-state index in [4.69, 9.17) is 15.8 Å². The van der Waals surface area contributed by atoms with Crippen molar-refractivity contribution in [2.45, 2.75) is 103 Å². The highest BCUT2D eigenvalue weighted by atomic mass is 32.2. The highest BCUT2D eigenvalue weighted by Crippen LogP contribution is 2.13. The molecule has 29 heavy (non-hydrogen) atoms. The Morgan fingerprint density at radius 3 is 1.21 bits per heavy atom. The summed E-state index contributed by atoms with van der Waals surface area (Å²) in [5.41, 5.74) is 0. The van der Waals surface area contributed by atoms with Gasteiger partial charge in [-0.25, -0.2) is 12.7 Å². The fourth-order valence-corrected chi connectivity index (χ4v) is 4.48. The van der Waals surface area contributed by atoms with Crippen molar-refractivity contribution in [1.29, 1.82) is 15.8 Å². The van der Waals surface area contributed by atoms with Crippen molar-refractivity contribution >= 4 is 10.0 Å². The molecular formula is C22H38N4O2S. The maximum atomic E-state index is 12.3. The van der Waals surface area contributed by atoms with E-state index in [1.54, 1.807) is 6.07 Å². The lowest BCUT2D eigenvalue weighted by Gasteiger charge is -2.20. The lowest BCUT2D eigenvalue weighted by molar-refractivity contribution is 0.384. The van der Waals surface area contributed by atoms with E-state index in [1.165, 1.54) is 4.31 Å². The number of rotatable bonds is 20. The molecule has 0 aliphatic carbocycles. The Morgan fingerprint density at radius 1 is 0.517 bits per heavy atom. The second kappa shape index (κ2) is 19.7. The minimum absolute atomic E-state index is 0.440. The van der Waals surface area contributed by atoms with E-state index in [0.29, 0.717) is 25.9 Å². The molecule has 0 fully saturated rings. The van der Waals surface area contributed by atoms with Gasteiger partial charge < -0.3 is 0 Å². The van der Waals surface area contributed by atoms with Crippen LogP contribution in [0.5, 0.6) is 0 Å². The van der Waals surface area contributed by atoms with E-state index in [0.717, 1.165) is 89.9 Å². The summed E-state index contributed by atoms with van der Waals surface area (Å²) in [4.78, 5) is 0. The van der Waals surface area contributed by atoms with Gasteiger partial charge in [-0.1, -0.05) is 64.2 Å². The third-order valence-electron chi connectivity index (χ3n) is 5.03. The summed E-state index contributed by atoms with van der Waals surface area (Å²) in [5.74, 6) is -0.440. The Bertz CT molecular complexity index is 582. The average molecular weight is 423 g/mol. The van der Waals surface area contributed by atoms with E-state index < -0.39 is 15.8 Å². The summed E-state index contributed by atoms with van der Waals surface area (Å²) >= 11 is 0. The van der Waals surface area contributed by atoms with Gasteiger partial charge in [-0.2, -0.15) is 15.8 Å². The van der Waals surface area contributed by atoms with Gasteiger partial charge in [0.05, 0.1) is 18.2 Å². The predicted molar refractivity (Wildman–Crippen MR) is 116 cm³/mol. The third kappa shape index (κ3) is 17.0. The average Bonchev–Trinajstić information content (AvgIpc) is 2.69. The highest BCUT2D eigenvalue weighted by Gasteiger charge is 2.20. The van der Waals surface area contributed by atoms with E-state index in [2.05, 4.69) is 12.1 Å². The number of nitriles is 3. The number of unbranched alkanes of at least 4 members (excludes halogenated alkanes) is 14. The number of hydrogen-bond donors (Lipinski definition) is 0. The lowest BCUT2D eigenvalue weighted by Crippen LogP contribution is -2.34. The van der Waals surface area contributed by atoms with Gasteiger partial charge in [0, 0.05) is 25.9 Å². The van der Waals surface area contributed by atoms with Crippen LogP contribution in [0, 0.1) is 34.0 Å². The van der Waals surface area contributed by atoms with Crippen molar-refractivity contribution in [1.82, 2.24) is 4.31 Å². The Hall–Kier alpha value is -1.62. The van der Waals surface area contributed by atoms with Gasteiger partial charge in [-0.15, -0.1) is 0 Å². The van der Waals surface area contributed by atoms with Crippen LogP contribution in [0.4, 0.5) is 0 Å². The summed E-state index contributed by atoms with van der Waals surface area (Å²) in [6, 6.07) is 6.10. The summed E-state index contributed by atoms with van der Waals surface area (Å²) in [6.45, 7) is 1.01. The third-order valence-corrected chi connectivity index (χ3v) is 6.68. The largest absolute Gasteiger partial charge is 0.227 e. The quantitative estimate of drug-likeness (QED) is 0.243. The molecular weight excluding hydrogens is 384 g/mol. The van der Waals surface area contributed by atoms with Crippen molar-refractivity contribution < 1.29 is 8.42 Å². The first-order valence-corrected chi connectivity index (χ1v) is 12.8. The maximum absolute atomic E-state index is 12.3. The summed E-state index contributed by atoms with van der Waals surface area (Å²) < 4.78 is 26.1. The Morgan fingerprint density at radius 2 is 0.862 bits per heavy atom. The molecule has 0 rings (SSSR count). The Balaban J connectivity index is 3.99. The SMILES string of the molecule is N#CCCCCCCCCCN(CCCCCCCCCC#N)S(=O)(=O)CC#N. The van der Waals surface area contributed by atoms with Crippen LogP contribution < -0.4 is 0 Å². The molecule has 0 amide bonds. The van der Waals surface area contributed by atoms with Crippen molar-refractivity contribution in [3.05, 3.63) is 0 Å². The molecule has 0 spiro atoms. The molecule has 0 aromatic rings. The molecule has 6 nitrogen and oxygen atoms in total. The van der Waals surface area contributed by atoms with Crippen LogP contribution in [-0.4, -0.2) is 31.6 Å². The molecule has 0 saturated carbocycles. The fraction of sp³-hybridized carbons (Fsp3) is 0.864. The normalized spacial score (nSPS) is 11.1. The van der Waals surface area contributed by atoms with Crippen molar-refractivity contribution in [2.24, 2.45) is 0 Å². The molecule has 0 unspecified atom stereocenters. The smallest absolute Gasteiger partial charge is 0.211 e. The summed E-state index contributed by atoms with van der Waals surface area (Å²) in [6.07, 6.45) is 15.8. The van der Waals surface area contributed by atoms with Gasteiger partial charge in [-0.3, -0.25) is 0 Å². The topological polar surface area (TPSA) is 109 Å². The molecule has 7 heteroatoms. The lowest BCUT2D eigenvalue weighted by atomic mass is 10.1. The molecule has 0 aromatic heterocycles. The predicted octanol–water partition coefficient (Wildman–Crippen LogP) is 5.43. The van der Waals surface area contributed by atoms with Crippen LogP contribution in [0.1, 0.15) is 103 Å². The van der Waals surface area contributed by atoms with Crippen LogP contribution in [0.25, 0.3) is 0 Å². The minimum atomic E-state index is -3.48. The molecule has 0 aliphatic heterocycles. The standard InChI is InChI=1S/C22H38N4O2S/c23-17-13-9-5-1-3-7-11-15-20-26(29(27,28)22-19-25)21-16-12-8-4-2-6-10-14-18-24/h1-16,20-22H2. The second-order valence-electron chi connectivity index (χ2n) is 7.58. The molecule has 164 valence electrons. The van der Waals surface area contributed by atoms with Crippen LogP contribution in [0.3, 0.4) is 0 Å². The Labute approximate surface area is 178 Å². The molecule has 0 radical (unpaired) electrons. The Kier molecular flexibility index (Phi) is 18.6. The molecule has 0 heterocycles. The van der Waals surface area contributed by atoms with Crippen molar-refractivity contribution in [2.75, 3.05) is 18.8 Å². The first kappa shape index (κ1) is 27.4. The van der Waals surface area contributed by atoms with Gasteiger partial charge in [0.15, 0.2) is 5.75 Å². The molecule has 0 bridgehead atoms. The second-order valence-corrected chi connectivity index (χ2v) is 9.55. The molecule has 0 aliphatic rings. The van der Waals surface area contributed by atoms with Gasteiger partial charge in [0.2, 0.25) is 10.0 Å². The summed E-state index contributed by atoms with van der Waals surface area (Å²) in [7, 11) is -3.48. The minimum Gasteiger partial charge on any atom is -0.211 e. The molecule has 0 aromatic carbocycles. The first-order chi connectivity index (χ1) is 14.1. The zero-order chi connectivity index (χ0) is 21.6. The monoisotopic (exact) mass is 422 g/mol. The van der Waals surface area contributed by atoms with Crippen molar-refractivity contribution in [3.63, 3.8) is 0 Å². The van der Waals surface area contributed by atoms with Crippen LogP contribution in [0.2, 0.25) is 0 Å². The van der Waals surface area contributed by atoms with Crippen LogP contribution in [0.15, 0.2) is 0 Å². The van der Waals surface area contributed by atoms with Gasteiger partial charge in [-0.05, 0) is 25.7 Å². The van der Waals surface area contributed by atoms with Crippen LogP contribution >= 0.6 is 0 Å². The van der Waals surface area contributed by atoms with Gasteiger partial charge in [0.25, 0.3) is 0 Å². The molecule has 0 N–H and O–H groups in total. The number of hydrogen-bond acceptors (Lipinski definition) is 5. The number of sulfonamides is 1. The van der Waals surface area contributed by atoms with Crippen molar-refractivity contribution in [3.8, 4) is 18.2 Å². The zero-order valence-electron chi connectivity index (χ0n) is 17.9. The maximum Gasteiger partial charge on any atom is 0.227 e. The highest BCUT2D eigenvalue weighted by molar-refractivity contribution is 7.89. The van der Waals surface area contributed by atoms with Crippen LogP contribution in [-0.2, 0) is 10.0 Å². The van der Waals surface area contributed by atoms with E-state index in [-0.39, 0.29) is 0 Å². The zero-order valence-corrected chi connectivity index (χ0v) is 18.8. The summed E-state index contributed by atoms with van der Waals surface area (Å²) in [5, 5.41) is 25.8. The van der Waals surface area contributed by atoms with E-state index in [9.17, 15) is 8.42 Å². The molecule has 0 saturated heterocycles. The molecule has 0 atom stereocenters. The fourth-order valence-electron chi connectivity index (χ4n) is 3.32. The van der Waals surface area contributed by atoms with E-state index >= 15 is 0 Å². The van der Waals surface area contributed by atoms with Gasteiger partial charge in [0.1, 0.15) is 0 Å². The first-order valence-electron chi connectivity index (χ1n) is 11.2. The van der Waals surface area contributed by atoms with Gasteiger partial charge >= 0.3 is 0 Å². The van der Waals surface area contributed by atoms with E-state index in [1.807, 2.05) is 0 Å².